The van der Waals surface area contributed by atoms with Gasteiger partial charge in [-0.2, -0.15) is 0 Å². The molecule has 4 nitrogen and oxygen atoms in total. The van der Waals surface area contributed by atoms with Crippen LogP contribution in [0, 0.1) is 6.92 Å². The van der Waals surface area contributed by atoms with Crippen molar-refractivity contribution in [1.29, 1.82) is 0 Å². The molecule has 2 aromatic heterocycles. The van der Waals surface area contributed by atoms with Gasteiger partial charge in [0.05, 0.1) is 6.61 Å². The first kappa shape index (κ1) is 14.5. The summed E-state index contributed by atoms with van der Waals surface area (Å²) in [5.41, 5.74) is 3.38. The largest absolute Gasteiger partial charge is 0.493 e. The molecule has 0 aliphatic carbocycles. The number of hydrogen-bond donors (Lipinski definition) is 1. The number of ether oxygens (including phenoxy) is 1. The summed E-state index contributed by atoms with van der Waals surface area (Å²) >= 11 is 0. The third-order valence-corrected chi connectivity index (χ3v) is 3.06. The van der Waals surface area contributed by atoms with E-state index < -0.39 is 0 Å². The zero-order chi connectivity index (χ0) is 14.2. The third kappa shape index (κ3) is 4.31. The standard InChI is InChI=1S/C16H21N3O/c1-13-10-16(15(11-17-2)12-19-13)20-9-3-4-14-5-7-18-8-6-14/h5-8,10,12,17H,3-4,9,11H2,1-2H3. The topological polar surface area (TPSA) is 47.0 Å². The van der Waals surface area contributed by atoms with E-state index in [1.807, 2.05) is 50.8 Å². The Balaban J connectivity index is 1.85. The van der Waals surface area contributed by atoms with Gasteiger partial charge in [0.25, 0.3) is 0 Å². The van der Waals surface area contributed by atoms with E-state index in [0.717, 1.165) is 36.4 Å². The Kier molecular flexibility index (Phi) is 5.50. The van der Waals surface area contributed by atoms with Crippen LogP contribution in [0.15, 0.2) is 36.8 Å². The van der Waals surface area contributed by atoms with E-state index >= 15 is 0 Å². The lowest BCUT2D eigenvalue weighted by Crippen LogP contribution is -2.09. The maximum absolute atomic E-state index is 5.90. The minimum atomic E-state index is 0.711. The Morgan fingerprint density at radius 2 is 2.05 bits per heavy atom. The van der Waals surface area contributed by atoms with Crippen LogP contribution in [0.3, 0.4) is 0 Å². The van der Waals surface area contributed by atoms with Gasteiger partial charge in [0.15, 0.2) is 0 Å². The first-order chi connectivity index (χ1) is 9.79. The summed E-state index contributed by atoms with van der Waals surface area (Å²) in [6.45, 7) is 3.46. The molecule has 4 heteroatoms. The summed E-state index contributed by atoms with van der Waals surface area (Å²) in [7, 11) is 1.92. The van der Waals surface area contributed by atoms with Crippen molar-refractivity contribution in [3.8, 4) is 5.75 Å². The van der Waals surface area contributed by atoms with Crippen LogP contribution in [0.4, 0.5) is 0 Å². The molecule has 0 saturated carbocycles. The summed E-state index contributed by atoms with van der Waals surface area (Å²) in [6.07, 6.45) is 7.53. The fourth-order valence-corrected chi connectivity index (χ4v) is 2.03. The van der Waals surface area contributed by atoms with Crippen molar-refractivity contribution in [1.82, 2.24) is 15.3 Å². The van der Waals surface area contributed by atoms with E-state index in [1.165, 1.54) is 5.56 Å². The lowest BCUT2D eigenvalue weighted by Gasteiger charge is -2.11. The predicted octanol–water partition coefficient (Wildman–Crippen LogP) is 2.52. The van der Waals surface area contributed by atoms with Gasteiger partial charge in [0.2, 0.25) is 0 Å². The normalized spacial score (nSPS) is 10.5. The minimum Gasteiger partial charge on any atom is -0.493 e. The Morgan fingerprint density at radius 3 is 2.80 bits per heavy atom. The van der Waals surface area contributed by atoms with E-state index in [4.69, 9.17) is 4.74 Å². The van der Waals surface area contributed by atoms with Gasteiger partial charge >= 0.3 is 0 Å². The molecular formula is C16H21N3O. The van der Waals surface area contributed by atoms with Gasteiger partial charge in [-0.05, 0) is 44.5 Å². The summed E-state index contributed by atoms with van der Waals surface area (Å²) in [5, 5.41) is 3.13. The average Bonchev–Trinajstić information content (AvgIpc) is 2.47. The lowest BCUT2D eigenvalue weighted by molar-refractivity contribution is 0.306. The van der Waals surface area contributed by atoms with Crippen LogP contribution in [-0.4, -0.2) is 23.6 Å². The van der Waals surface area contributed by atoms with E-state index in [1.54, 1.807) is 0 Å². The highest BCUT2D eigenvalue weighted by Crippen LogP contribution is 2.18. The van der Waals surface area contributed by atoms with Crippen molar-refractivity contribution in [3.63, 3.8) is 0 Å². The molecule has 106 valence electrons. The number of nitrogens with one attached hydrogen (secondary N) is 1. The second-order valence-electron chi connectivity index (χ2n) is 4.77. The fourth-order valence-electron chi connectivity index (χ4n) is 2.03. The van der Waals surface area contributed by atoms with E-state index in [9.17, 15) is 0 Å². The van der Waals surface area contributed by atoms with Crippen molar-refractivity contribution < 1.29 is 4.74 Å². The smallest absolute Gasteiger partial charge is 0.127 e. The number of pyridine rings is 2. The summed E-state index contributed by atoms with van der Waals surface area (Å²) in [4.78, 5) is 8.33. The van der Waals surface area contributed by atoms with Crippen LogP contribution in [-0.2, 0) is 13.0 Å². The molecule has 1 N–H and O–H groups in total. The van der Waals surface area contributed by atoms with Crippen LogP contribution in [0.2, 0.25) is 0 Å². The van der Waals surface area contributed by atoms with Gasteiger partial charge in [-0.15, -0.1) is 0 Å². The van der Waals surface area contributed by atoms with Crippen molar-refractivity contribution in [2.75, 3.05) is 13.7 Å². The first-order valence-corrected chi connectivity index (χ1v) is 6.91. The maximum atomic E-state index is 5.90. The highest BCUT2D eigenvalue weighted by molar-refractivity contribution is 5.32. The summed E-state index contributed by atoms with van der Waals surface area (Å²) in [6, 6.07) is 6.09. The molecule has 0 unspecified atom stereocenters. The summed E-state index contributed by atoms with van der Waals surface area (Å²) < 4.78 is 5.90. The second kappa shape index (κ2) is 7.60. The van der Waals surface area contributed by atoms with Crippen molar-refractivity contribution in [3.05, 3.63) is 53.6 Å². The van der Waals surface area contributed by atoms with Gasteiger partial charge in [0, 0.05) is 42.5 Å². The summed E-state index contributed by atoms with van der Waals surface area (Å²) in [5.74, 6) is 0.932. The Hall–Kier alpha value is -1.94. The van der Waals surface area contributed by atoms with Gasteiger partial charge in [-0.3, -0.25) is 9.97 Å². The molecule has 2 heterocycles. The predicted molar refractivity (Wildman–Crippen MR) is 79.8 cm³/mol. The molecule has 0 aliphatic heterocycles. The van der Waals surface area contributed by atoms with E-state index in [2.05, 4.69) is 15.3 Å². The second-order valence-corrected chi connectivity index (χ2v) is 4.77. The number of nitrogens with zero attached hydrogens (tertiary/aromatic N) is 2. The minimum absolute atomic E-state index is 0.711. The Morgan fingerprint density at radius 1 is 1.25 bits per heavy atom. The van der Waals surface area contributed by atoms with Gasteiger partial charge in [-0.25, -0.2) is 0 Å². The number of rotatable bonds is 7. The molecule has 0 atom stereocenters. The van der Waals surface area contributed by atoms with Gasteiger partial charge in [0.1, 0.15) is 5.75 Å². The Bertz CT molecular complexity index is 529. The third-order valence-electron chi connectivity index (χ3n) is 3.06. The monoisotopic (exact) mass is 271 g/mol. The number of aryl methyl sites for hydroxylation is 2. The molecule has 0 amide bonds. The van der Waals surface area contributed by atoms with Crippen molar-refractivity contribution >= 4 is 0 Å². The maximum Gasteiger partial charge on any atom is 0.127 e. The van der Waals surface area contributed by atoms with E-state index in [-0.39, 0.29) is 0 Å². The van der Waals surface area contributed by atoms with Crippen molar-refractivity contribution in [2.45, 2.75) is 26.3 Å². The molecule has 0 bridgehead atoms. The van der Waals surface area contributed by atoms with Gasteiger partial charge < -0.3 is 10.1 Å². The average molecular weight is 271 g/mol. The quantitative estimate of drug-likeness (QED) is 0.786. The highest BCUT2D eigenvalue weighted by atomic mass is 16.5. The van der Waals surface area contributed by atoms with Crippen molar-refractivity contribution in [2.24, 2.45) is 0 Å². The molecule has 0 aliphatic rings. The molecule has 20 heavy (non-hydrogen) atoms. The van der Waals surface area contributed by atoms with Crippen LogP contribution < -0.4 is 10.1 Å². The molecule has 0 saturated heterocycles. The van der Waals surface area contributed by atoms with Crippen LogP contribution >= 0.6 is 0 Å². The zero-order valence-corrected chi connectivity index (χ0v) is 12.1. The van der Waals surface area contributed by atoms with E-state index in [0.29, 0.717) is 6.61 Å². The van der Waals surface area contributed by atoms with Crippen LogP contribution in [0.25, 0.3) is 0 Å². The molecule has 0 aromatic carbocycles. The Labute approximate surface area is 120 Å². The molecule has 0 fully saturated rings. The lowest BCUT2D eigenvalue weighted by atomic mass is 10.1. The first-order valence-electron chi connectivity index (χ1n) is 6.91. The molecule has 2 rings (SSSR count). The SMILES string of the molecule is CNCc1cnc(C)cc1OCCCc1ccncc1. The zero-order valence-electron chi connectivity index (χ0n) is 12.1. The molecule has 0 spiro atoms. The number of hydrogen-bond acceptors (Lipinski definition) is 4. The van der Waals surface area contributed by atoms with Crippen LogP contribution in [0.5, 0.6) is 5.75 Å². The molecular weight excluding hydrogens is 250 g/mol. The van der Waals surface area contributed by atoms with Gasteiger partial charge in [-0.1, -0.05) is 0 Å². The van der Waals surface area contributed by atoms with Crippen LogP contribution in [0.1, 0.15) is 23.2 Å². The molecule has 2 aromatic rings. The highest BCUT2D eigenvalue weighted by Gasteiger charge is 2.04. The molecule has 0 radical (unpaired) electrons. The number of aromatic nitrogens is 2. The fraction of sp³-hybridized carbons (Fsp3) is 0.375.